The summed E-state index contributed by atoms with van der Waals surface area (Å²) in [5.41, 5.74) is 0.891. The number of amidine groups is 1. The monoisotopic (exact) mass is 333 g/mol. The summed E-state index contributed by atoms with van der Waals surface area (Å²) in [5.74, 6) is 0.839. The molecule has 4 nitrogen and oxygen atoms in total. The number of ether oxygens (including phenoxy) is 1. The molecule has 2 heterocycles. The normalized spacial score (nSPS) is 16.0. The van der Waals surface area contributed by atoms with Crippen LogP contribution in [0.3, 0.4) is 0 Å². The lowest BCUT2D eigenvalue weighted by Crippen LogP contribution is -2.25. The lowest BCUT2D eigenvalue weighted by Gasteiger charge is -2.15. The second-order valence-corrected chi connectivity index (χ2v) is 4.54. The maximum Gasteiger partial charge on any atom is 0.130 e. The van der Waals surface area contributed by atoms with E-state index in [0.717, 1.165) is 20.7 Å². The average molecular weight is 335 g/mol. The van der Waals surface area contributed by atoms with Gasteiger partial charge in [0.1, 0.15) is 21.6 Å². The van der Waals surface area contributed by atoms with E-state index < -0.39 is 0 Å². The van der Waals surface area contributed by atoms with Crippen molar-refractivity contribution in [2.24, 2.45) is 4.99 Å². The highest BCUT2D eigenvalue weighted by Gasteiger charge is 2.08. The Kier molecular flexibility index (Phi) is 3.71. The molecule has 15 heavy (non-hydrogen) atoms. The SMILES string of the molecule is Brc1ccc(NC2=NCCOC2)c(Br)n1. The third-order valence-corrected chi connectivity index (χ3v) is 2.92. The summed E-state index contributed by atoms with van der Waals surface area (Å²) in [7, 11) is 0. The van der Waals surface area contributed by atoms with Crippen molar-refractivity contribution in [2.45, 2.75) is 0 Å². The Morgan fingerprint density at radius 3 is 2.87 bits per heavy atom. The van der Waals surface area contributed by atoms with Crippen molar-refractivity contribution in [3.05, 3.63) is 21.3 Å². The van der Waals surface area contributed by atoms with E-state index in [9.17, 15) is 0 Å². The van der Waals surface area contributed by atoms with Crippen LogP contribution in [0.1, 0.15) is 0 Å². The quantitative estimate of drug-likeness (QED) is 0.802. The van der Waals surface area contributed by atoms with E-state index in [2.05, 4.69) is 47.2 Å². The summed E-state index contributed by atoms with van der Waals surface area (Å²) < 4.78 is 6.83. The molecule has 1 aliphatic heterocycles. The maximum atomic E-state index is 5.28. The molecule has 0 unspecified atom stereocenters. The van der Waals surface area contributed by atoms with Crippen LogP contribution in [0.2, 0.25) is 0 Å². The lowest BCUT2D eigenvalue weighted by molar-refractivity contribution is 0.171. The predicted octanol–water partition coefficient (Wildman–Crippen LogP) is 2.45. The van der Waals surface area contributed by atoms with Crippen LogP contribution < -0.4 is 5.32 Å². The van der Waals surface area contributed by atoms with Gasteiger partial charge >= 0.3 is 0 Å². The summed E-state index contributed by atoms with van der Waals surface area (Å²) in [4.78, 5) is 8.52. The fourth-order valence-corrected chi connectivity index (χ4v) is 2.17. The van der Waals surface area contributed by atoms with Gasteiger partial charge in [-0.05, 0) is 44.0 Å². The second kappa shape index (κ2) is 5.05. The lowest BCUT2D eigenvalue weighted by atomic mass is 10.4. The first-order valence-corrected chi connectivity index (χ1v) is 6.04. The Balaban J connectivity index is 2.13. The van der Waals surface area contributed by atoms with Crippen LogP contribution >= 0.6 is 31.9 Å². The maximum absolute atomic E-state index is 5.28. The Bertz CT molecular complexity index is 395. The second-order valence-electron chi connectivity index (χ2n) is 2.98. The fourth-order valence-electron chi connectivity index (χ4n) is 1.20. The minimum Gasteiger partial charge on any atom is -0.372 e. The van der Waals surface area contributed by atoms with Crippen molar-refractivity contribution in [2.75, 3.05) is 25.1 Å². The summed E-state index contributed by atoms with van der Waals surface area (Å²) in [6, 6.07) is 3.80. The van der Waals surface area contributed by atoms with Crippen molar-refractivity contribution < 1.29 is 4.74 Å². The predicted molar refractivity (Wildman–Crippen MR) is 66.4 cm³/mol. The number of aromatic nitrogens is 1. The van der Waals surface area contributed by atoms with E-state index in [1.165, 1.54) is 0 Å². The van der Waals surface area contributed by atoms with Gasteiger partial charge in [0.25, 0.3) is 0 Å². The average Bonchev–Trinajstić information content (AvgIpc) is 2.24. The standard InChI is InChI=1S/C9H9Br2N3O/c10-7-2-1-6(9(11)14-7)13-8-5-15-4-3-12-8/h1-2H,3-5H2,(H,12,13). The van der Waals surface area contributed by atoms with Gasteiger partial charge in [0, 0.05) is 0 Å². The van der Waals surface area contributed by atoms with Crippen LogP contribution in [0.4, 0.5) is 5.69 Å². The molecule has 0 aromatic carbocycles. The van der Waals surface area contributed by atoms with Gasteiger partial charge in [-0.25, -0.2) is 4.98 Å². The summed E-state index contributed by atoms with van der Waals surface area (Å²) in [6.45, 7) is 1.94. The number of halogens is 2. The Labute approximate surface area is 104 Å². The van der Waals surface area contributed by atoms with Crippen LogP contribution in [0.25, 0.3) is 0 Å². The molecule has 0 spiro atoms. The zero-order valence-corrected chi connectivity index (χ0v) is 11.0. The molecule has 1 aromatic rings. The van der Waals surface area contributed by atoms with E-state index in [1.807, 2.05) is 12.1 Å². The van der Waals surface area contributed by atoms with Crippen LogP contribution in [0, 0.1) is 0 Å². The Hall–Kier alpha value is -0.460. The molecular weight excluding hydrogens is 326 g/mol. The molecular formula is C9H9Br2N3O. The van der Waals surface area contributed by atoms with E-state index in [-0.39, 0.29) is 0 Å². The van der Waals surface area contributed by atoms with Crippen molar-refractivity contribution in [3.8, 4) is 0 Å². The third kappa shape index (κ3) is 2.99. The third-order valence-electron chi connectivity index (χ3n) is 1.87. The van der Waals surface area contributed by atoms with Gasteiger partial charge in [-0.15, -0.1) is 0 Å². The molecule has 0 bridgehead atoms. The van der Waals surface area contributed by atoms with Crippen molar-refractivity contribution >= 4 is 43.4 Å². The minimum atomic E-state index is 0.530. The molecule has 6 heteroatoms. The molecule has 1 N–H and O–H groups in total. The van der Waals surface area contributed by atoms with Gasteiger partial charge in [0.2, 0.25) is 0 Å². The molecule has 0 atom stereocenters. The first-order valence-electron chi connectivity index (χ1n) is 4.46. The first-order chi connectivity index (χ1) is 7.25. The fraction of sp³-hybridized carbons (Fsp3) is 0.333. The van der Waals surface area contributed by atoms with Crippen molar-refractivity contribution in [3.63, 3.8) is 0 Å². The van der Waals surface area contributed by atoms with Gasteiger partial charge in [0.15, 0.2) is 0 Å². The topological polar surface area (TPSA) is 46.5 Å². The van der Waals surface area contributed by atoms with Crippen LogP contribution in [0.5, 0.6) is 0 Å². The molecule has 1 aliphatic rings. The zero-order chi connectivity index (χ0) is 10.7. The van der Waals surface area contributed by atoms with Gasteiger partial charge in [-0.3, -0.25) is 4.99 Å². The number of hydrogen-bond donors (Lipinski definition) is 1. The smallest absolute Gasteiger partial charge is 0.130 e. The first kappa shape index (κ1) is 11.0. The summed E-state index contributed by atoms with van der Waals surface area (Å²) in [5, 5.41) is 3.17. The molecule has 0 saturated heterocycles. The van der Waals surface area contributed by atoms with Gasteiger partial charge in [-0.2, -0.15) is 0 Å². The van der Waals surface area contributed by atoms with Crippen LogP contribution in [0.15, 0.2) is 26.3 Å². The van der Waals surface area contributed by atoms with E-state index in [1.54, 1.807) is 0 Å². The van der Waals surface area contributed by atoms with E-state index in [0.29, 0.717) is 19.8 Å². The highest BCUT2D eigenvalue weighted by Crippen LogP contribution is 2.22. The largest absolute Gasteiger partial charge is 0.372 e. The summed E-state index contributed by atoms with van der Waals surface area (Å²) >= 11 is 6.67. The van der Waals surface area contributed by atoms with Gasteiger partial charge < -0.3 is 10.1 Å². The highest BCUT2D eigenvalue weighted by molar-refractivity contribution is 9.11. The summed E-state index contributed by atoms with van der Waals surface area (Å²) in [6.07, 6.45) is 0. The molecule has 0 amide bonds. The Morgan fingerprint density at radius 1 is 1.33 bits per heavy atom. The van der Waals surface area contributed by atoms with Crippen molar-refractivity contribution in [1.82, 2.24) is 4.98 Å². The van der Waals surface area contributed by atoms with Crippen LogP contribution in [-0.4, -0.2) is 30.6 Å². The van der Waals surface area contributed by atoms with Gasteiger partial charge in [-0.1, -0.05) is 0 Å². The number of pyridine rings is 1. The Morgan fingerprint density at radius 2 is 2.20 bits per heavy atom. The molecule has 0 fully saturated rings. The number of nitrogens with one attached hydrogen (secondary N) is 1. The molecule has 0 aliphatic carbocycles. The minimum absolute atomic E-state index is 0.530. The molecule has 1 aromatic heterocycles. The highest BCUT2D eigenvalue weighted by atomic mass is 79.9. The van der Waals surface area contributed by atoms with E-state index >= 15 is 0 Å². The molecule has 2 rings (SSSR count). The number of anilines is 1. The number of rotatable bonds is 1. The number of nitrogens with zero attached hydrogens (tertiary/aromatic N) is 2. The van der Waals surface area contributed by atoms with Crippen LogP contribution in [-0.2, 0) is 4.74 Å². The number of hydrogen-bond acceptors (Lipinski definition) is 4. The molecule has 0 radical (unpaired) electrons. The van der Waals surface area contributed by atoms with E-state index in [4.69, 9.17) is 4.74 Å². The van der Waals surface area contributed by atoms with Gasteiger partial charge in [0.05, 0.1) is 18.8 Å². The number of aliphatic imine (C=N–C) groups is 1. The van der Waals surface area contributed by atoms with Crippen molar-refractivity contribution in [1.29, 1.82) is 0 Å². The molecule has 0 saturated carbocycles. The zero-order valence-electron chi connectivity index (χ0n) is 7.83. The molecule has 80 valence electrons.